The highest BCUT2D eigenvalue weighted by molar-refractivity contribution is 5.70. The number of aryl methyl sites for hydroxylation is 2. The van der Waals surface area contributed by atoms with Gasteiger partial charge in [-0.15, -0.1) is 10.2 Å². The van der Waals surface area contributed by atoms with Crippen molar-refractivity contribution >= 4 is 16.8 Å². The molecule has 24 heavy (non-hydrogen) atoms. The lowest BCUT2D eigenvalue weighted by Crippen LogP contribution is -2.24. The van der Waals surface area contributed by atoms with Crippen molar-refractivity contribution in [3.05, 3.63) is 58.8 Å². The van der Waals surface area contributed by atoms with Crippen LogP contribution in [0, 0.1) is 0 Å². The molecule has 8 heteroatoms. The van der Waals surface area contributed by atoms with Gasteiger partial charge in [0.2, 0.25) is 0 Å². The van der Waals surface area contributed by atoms with Crippen molar-refractivity contribution in [1.29, 1.82) is 0 Å². The minimum Gasteiger partial charge on any atom is -0.496 e. The van der Waals surface area contributed by atoms with Gasteiger partial charge in [0, 0.05) is 12.6 Å². The number of benzene rings is 1. The Kier molecular flexibility index (Phi) is 3.42. The Morgan fingerprint density at radius 1 is 1.17 bits per heavy atom. The second kappa shape index (κ2) is 5.73. The van der Waals surface area contributed by atoms with Crippen LogP contribution in [0.4, 0.5) is 0 Å². The van der Waals surface area contributed by atoms with Crippen LogP contribution in [0.5, 0.6) is 5.75 Å². The zero-order valence-electron chi connectivity index (χ0n) is 13.0. The number of para-hydroxylation sites is 1. The van der Waals surface area contributed by atoms with Gasteiger partial charge in [0.25, 0.3) is 5.56 Å². The van der Waals surface area contributed by atoms with E-state index in [4.69, 9.17) is 4.74 Å². The van der Waals surface area contributed by atoms with E-state index in [0.717, 1.165) is 11.3 Å². The summed E-state index contributed by atoms with van der Waals surface area (Å²) in [7, 11) is 1.63. The molecule has 0 saturated heterocycles. The molecule has 0 atom stereocenters. The lowest BCUT2D eigenvalue weighted by atomic mass is 10.1. The lowest BCUT2D eigenvalue weighted by Gasteiger charge is -2.09. The predicted molar refractivity (Wildman–Crippen MR) is 87.0 cm³/mol. The van der Waals surface area contributed by atoms with Crippen molar-refractivity contribution in [3.63, 3.8) is 0 Å². The first kappa shape index (κ1) is 14.3. The van der Waals surface area contributed by atoms with Crippen LogP contribution in [0.15, 0.2) is 47.7 Å². The molecule has 4 rings (SSSR count). The van der Waals surface area contributed by atoms with Crippen LogP contribution in [0.3, 0.4) is 0 Å². The van der Waals surface area contributed by atoms with Gasteiger partial charge in [0.15, 0.2) is 16.8 Å². The standard InChI is InChI=1S/C16H14N6O2/c1-24-12-5-3-2-4-11(12)7-9-21-10-17-15-14(16(21)23)20-19-13-6-8-18-22(13)15/h2-6,8,10H,7,9H2,1H3. The van der Waals surface area contributed by atoms with Gasteiger partial charge in [-0.1, -0.05) is 18.2 Å². The average Bonchev–Trinajstić information content (AvgIpc) is 3.10. The summed E-state index contributed by atoms with van der Waals surface area (Å²) in [6.45, 7) is 0.473. The summed E-state index contributed by atoms with van der Waals surface area (Å²) in [4.78, 5) is 16.9. The van der Waals surface area contributed by atoms with E-state index in [2.05, 4.69) is 20.3 Å². The van der Waals surface area contributed by atoms with Gasteiger partial charge in [-0.05, 0) is 18.1 Å². The fourth-order valence-electron chi connectivity index (χ4n) is 2.66. The van der Waals surface area contributed by atoms with Gasteiger partial charge in [-0.2, -0.15) is 9.61 Å². The van der Waals surface area contributed by atoms with Crippen molar-refractivity contribution < 1.29 is 4.74 Å². The lowest BCUT2D eigenvalue weighted by molar-refractivity contribution is 0.408. The molecule has 3 heterocycles. The number of aromatic nitrogens is 6. The second-order valence-electron chi connectivity index (χ2n) is 5.28. The van der Waals surface area contributed by atoms with E-state index in [1.54, 1.807) is 19.4 Å². The molecular weight excluding hydrogens is 308 g/mol. The number of ether oxygens (including phenoxy) is 1. The minimum absolute atomic E-state index is 0.203. The van der Waals surface area contributed by atoms with Crippen molar-refractivity contribution in [3.8, 4) is 5.75 Å². The predicted octanol–water partition coefficient (Wildman–Crippen LogP) is 1.09. The zero-order chi connectivity index (χ0) is 16.5. The molecule has 0 N–H and O–H groups in total. The first-order chi connectivity index (χ1) is 11.8. The molecule has 0 aliphatic carbocycles. The number of rotatable bonds is 4. The smallest absolute Gasteiger partial charge is 0.283 e. The molecule has 0 bridgehead atoms. The molecule has 120 valence electrons. The quantitative estimate of drug-likeness (QED) is 0.559. The molecule has 0 unspecified atom stereocenters. The molecule has 0 saturated carbocycles. The highest BCUT2D eigenvalue weighted by atomic mass is 16.5. The largest absolute Gasteiger partial charge is 0.496 e. The fraction of sp³-hybridized carbons (Fsp3) is 0.188. The molecule has 3 aromatic heterocycles. The SMILES string of the molecule is COc1ccccc1CCn1cnc2c(nnc3ccnn32)c1=O. The van der Waals surface area contributed by atoms with Gasteiger partial charge in [0.05, 0.1) is 13.3 Å². The molecule has 1 aromatic carbocycles. The van der Waals surface area contributed by atoms with E-state index in [-0.39, 0.29) is 11.1 Å². The third kappa shape index (κ3) is 2.28. The molecule has 0 fully saturated rings. The zero-order valence-corrected chi connectivity index (χ0v) is 13.0. The van der Waals surface area contributed by atoms with Gasteiger partial charge in [-0.25, -0.2) is 4.98 Å². The summed E-state index contributed by atoms with van der Waals surface area (Å²) >= 11 is 0. The molecular formula is C16H14N6O2. The fourth-order valence-corrected chi connectivity index (χ4v) is 2.66. The Balaban J connectivity index is 1.71. The number of fused-ring (bicyclic) bond motifs is 3. The highest BCUT2D eigenvalue weighted by Crippen LogP contribution is 2.18. The maximum Gasteiger partial charge on any atom is 0.283 e. The number of hydrogen-bond acceptors (Lipinski definition) is 6. The van der Waals surface area contributed by atoms with E-state index < -0.39 is 0 Å². The van der Waals surface area contributed by atoms with Gasteiger partial charge in [0.1, 0.15) is 12.1 Å². The van der Waals surface area contributed by atoms with E-state index in [0.29, 0.717) is 24.3 Å². The summed E-state index contributed by atoms with van der Waals surface area (Å²) in [5, 5.41) is 12.1. The van der Waals surface area contributed by atoms with Gasteiger partial charge >= 0.3 is 0 Å². The van der Waals surface area contributed by atoms with Crippen LogP contribution in [-0.2, 0) is 13.0 Å². The van der Waals surface area contributed by atoms with E-state index in [1.807, 2.05) is 24.3 Å². The Morgan fingerprint density at radius 2 is 2.04 bits per heavy atom. The topological polar surface area (TPSA) is 87.2 Å². The van der Waals surface area contributed by atoms with Crippen LogP contribution in [0.2, 0.25) is 0 Å². The Hall–Kier alpha value is -3.29. The summed E-state index contributed by atoms with van der Waals surface area (Å²) in [5.41, 5.74) is 1.96. The summed E-state index contributed by atoms with van der Waals surface area (Å²) in [5.74, 6) is 0.803. The molecule has 0 radical (unpaired) electrons. The first-order valence-corrected chi connectivity index (χ1v) is 7.45. The first-order valence-electron chi connectivity index (χ1n) is 7.45. The Morgan fingerprint density at radius 3 is 2.92 bits per heavy atom. The third-order valence-corrected chi connectivity index (χ3v) is 3.89. The minimum atomic E-state index is -0.236. The van der Waals surface area contributed by atoms with Crippen LogP contribution >= 0.6 is 0 Å². The Labute approximate surface area is 136 Å². The summed E-state index contributed by atoms with van der Waals surface area (Å²) < 4.78 is 8.37. The van der Waals surface area contributed by atoms with Gasteiger partial charge < -0.3 is 4.74 Å². The van der Waals surface area contributed by atoms with Crippen LogP contribution in [0.25, 0.3) is 16.8 Å². The number of hydrogen-bond donors (Lipinski definition) is 0. The number of nitrogens with zero attached hydrogens (tertiary/aromatic N) is 6. The maximum atomic E-state index is 12.6. The van der Waals surface area contributed by atoms with Crippen molar-refractivity contribution in [2.75, 3.05) is 7.11 Å². The molecule has 0 aliphatic heterocycles. The molecule has 0 aliphatic rings. The normalized spacial score (nSPS) is 11.2. The monoisotopic (exact) mass is 322 g/mol. The van der Waals surface area contributed by atoms with Crippen LogP contribution in [-0.4, -0.2) is 36.5 Å². The average molecular weight is 322 g/mol. The Bertz CT molecular complexity index is 1080. The summed E-state index contributed by atoms with van der Waals surface area (Å²) in [6, 6.07) is 9.44. The van der Waals surface area contributed by atoms with E-state index in [1.165, 1.54) is 15.4 Å². The highest BCUT2D eigenvalue weighted by Gasteiger charge is 2.11. The van der Waals surface area contributed by atoms with E-state index >= 15 is 0 Å². The third-order valence-electron chi connectivity index (χ3n) is 3.89. The van der Waals surface area contributed by atoms with Crippen molar-refractivity contribution in [2.24, 2.45) is 0 Å². The number of methoxy groups -OCH3 is 1. The molecule has 0 amide bonds. The molecule has 8 nitrogen and oxygen atoms in total. The van der Waals surface area contributed by atoms with Crippen molar-refractivity contribution in [2.45, 2.75) is 13.0 Å². The maximum absolute atomic E-state index is 12.6. The molecule has 0 spiro atoms. The molecule has 4 aromatic rings. The van der Waals surface area contributed by atoms with Crippen LogP contribution in [0.1, 0.15) is 5.56 Å². The van der Waals surface area contributed by atoms with E-state index in [9.17, 15) is 4.79 Å². The van der Waals surface area contributed by atoms with Crippen LogP contribution < -0.4 is 10.3 Å². The second-order valence-corrected chi connectivity index (χ2v) is 5.28. The van der Waals surface area contributed by atoms with Crippen molar-refractivity contribution in [1.82, 2.24) is 29.4 Å². The summed E-state index contributed by atoms with van der Waals surface area (Å²) in [6.07, 6.45) is 3.76. The van der Waals surface area contributed by atoms with Gasteiger partial charge in [-0.3, -0.25) is 9.36 Å².